The summed E-state index contributed by atoms with van der Waals surface area (Å²) in [6.07, 6.45) is 0.660. The fraction of sp³-hybridized carbons (Fsp3) is 0. The van der Waals surface area contributed by atoms with Crippen LogP contribution in [0.15, 0.2) is 40.9 Å². The monoisotopic (exact) mass is 355 g/mol. The predicted octanol–water partition coefficient (Wildman–Crippen LogP) is 4.62. The second-order valence-electron chi connectivity index (χ2n) is 3.77. The maximum absolute atomic E-state index is 11.0. The van der Waals surface area contributed by atoms with Gasteiger partial charge in [0, 0.05) is 16.6 Å². The highest BCUT2D eigenvalue weighted by Crippen LogP contribution is 2.32. The molecule has 0 bridgehead atoms. The molecule has 0 heterocycles. The van der Waals surface area contributed by atoms with Crippen molar-refractivity contribution in [2.75, 3.05) is 0 Å². The van der Waals surface area contributed by atoms with Crippen LogP contribution < -0.4 is 4.74 Å². The molecule has 0 atom stereocenters. The van der Waals surface area contributed by atoms with Crippen LogP contribution in [0.3, 0.4) is 0 Å². The highest BCUT2D eigenvalue weighted by molar-refractivity contribution is 9.10. The number of hydrogen-bond donors (Lipinski definition) is 0. The van der Waals surface area contributed by atoms with Gasteiger partial charge in [-0.2, -0.15) is 0 Å². The van der Waals surface area contributed by atoms with E-state index in [0.29, 0.717) is 23.3 Å². The molecule has 0 aliphatic carbocycles. The van der Waals surface area contributed by atoms with Crippen molar-refractivity contribution in [1.29, 1.82) is 0 Å². The molecule has 0 spiro atoms. The molecule has 0 saturated heterocycles. The van der Waals surface area contributed by atoms with E-state index in [4.69, 9.17) is 16.3 Å². The van der Waals surface area contributed by atoms with Gasteiger partial charge in [-0.3, -0.25) is 14.9 Å². The van der Waals surface area contributed by atoms with Crippen LogP contribution in [0.2, 0.25) is 5.02 Å². The van der Waals surface area contributed by atoms with Gasteiger partial charge in [-0.1, -0.05) is 27.5 Å². The molecular formula is C13H7BrClNO4. The lowest BCUT2D eigenvalue weighted by Crippen LogP contribution is -1.92. The number of aldehydes is 1. The van der Waals surface area contributed by atoms with Crippen molar-refractivity contribution >= 4 is 39.5 Å². The summed E-state index contributed by atoms with van der Waals surface area (Å²) in [5.41, 5.74) is 0.152. The smallest absolute Gasteiger partial charge is 0.288 e. The van der Waals surface area contributed by atoms with E-state index < -0.39 is 4.92 Å². The van der Waals surface area contributed by atoms with E-state index in [2.05, 4.69) is 15.9 Å². The summed E-state index contributed by atoms with van der Waals surface area (Å²) in [5, 5.41) is 10.6. The molecule has 5 nitrogen and oxygen atoms in total. The fourth-order valence-corrected chi connectivity index (χ4v) is 2.15. The Morgan fingerprint density at radius 2 is 2.00 bits per heavy atom. The third kappa shape index (κ3) is 3.15. The Labute approximate surface area is 127 Å². The molecule has 0 N–H and O–H groups in total. The van der Waals surface area contributed by atoms with Gasteiger partial charge in [0.15, 0.2) is 6.29 Å². The normalized spacial score (nSPS) is 10.1. The minimum absolute atomic E-state index is 0.0303. The summed E-state index contributed by atoms with van der Waals surface area (Å²) in [6.45, 7) is 0. The molecule has 0 aliphatic heterocycles. The molecule has 0 aromatic heterocycles. The SMILES string of the molecule is O=Cc1cc(Br)ccc1Oc1ccc([N+](=O)[O-])c(Cl)c1. The molecule has 102 valence electrons. The van der Waals surface area contributed by atoms with E-state index in [1.54, 1.807) is 18.2 Å². The number of carbonyl (C=O) groups excluding carboxylic acids is 1. The molecule has 7 heteroatoms. The van der Waals surface area contributed by atoms with Crippen molar-refractivity contribution in [3.8, 4) is 11.5 Å². The Morgan fingerprint density at radius 1 is 1.25 bits per heavy atom. The second-order valence-corrected chi connectivity index (χ2v) is 5.10. The summed E-state index contributed by atoms with van der Waals surface area (Å²) < 4.78 is 6.26. The van der Waals surface area contributed by atoms with Crippen LogP contribution in [-0.2, 0) is 0 Å². The van der Waals surface area contributed by atoms with Crippen molar-refractivity contribution in [2.45, 2.75) is 0 Å². The number of nitro benzene ring substituents is 1. The first-order chi connectivity index (χ1) is 9.51. The maximum atomic E-state index is 11.0. The average Bonchev–Trinajstić information content (AvgIpc) is 2.40. The number of rotatable bonds is 4. The lowest BCUT2D eigenvalue weighted by molar-refractivity contribution is -0.384. The summed E-state index contributed by atoms with van der Waals surface area (Å²) in [7, 11) is 0. The van der Waals surface area contributed by atoms with Gasteiger partial charge in [-0.05, 0) is 24.3 Å². The minimum Gasteiger partial charge on any atom is -0.457 e. The van der Waals surface area contributed by atoms with Crippen molar-refractivity contribution in [3.63, 3.8) is 0 Å². The van der Waals surface area contributed by atoms with Crippen LogP contribution in [-0.4, -0.2) is 11.2 Å². The van der Waals surface area contributed by atoms with Crippen LogP contribution in [0, 0.1) is 10.1 Å². The van der Waals surface area contributed by atoms with E-state index in [9.17, 15) is 14.9 Å². The number of carbonyl (C=O) groups is 1. The first-order valence-electron chi connectivity index (χ1n) is 5.38. The standard InChI is InChI=1S/C13H7BrClNO4/c14-9-1-4-13(8(5-9)7-17)20-10-2-3-12(16(18)19)11(15)6-10/h1-7H. The first kappa shape index (κ1) is 14.5. The molecule has 2 aromatic rings. The molecule has 0 unspecified atom stereocenters. The van der Waals surface area contributed by atoms with E-state index in [1.165, 1.54) is 18.2 Å². The number of nitrogens with zero attached hydrogens (tertiary/aromatic N) is 1. The molecule has 20 heavy (non-hydrogen) atoms. The largest absolute Gasteiger partial charge is 0.457 e. The zero-order chi connectivity index (χ0) is 14.7. The lowest BCUT2D eigenvalue weighted by atomic mass is 10.2. The van der Waals surface area contributed by atoms with Gasteiger partial charge in [0.25, 0.3) is 5.69 Å². The molecule has 0 radical (unpaired) electrons. The summed E-state index contributed by atoms with van der Waals surface area (Å²) >= 11 is 9.04. The molecule has 0 saturated carbocycles. The van der Waals surface area contributed by atoms with Gasteiger partial charge in [-0.25, -0.2) is 0 Å². The molecule has 2 aromatic carbocycles. The topological polar surface area (TPSA) is 69.4 Å². The average molecular weight is 357 g/mol. The predicted molar refractivity (Wildman–Crippen MR) is 77.7 cm³/mol. The Morgan fingerprint density at radius 3 is 2.60 bits per heavy atom. The second kappa shape index (κ2) is 6.02. The van der Waals surface area contributed by atoms with Crippen LogP contribution in [0.25, 0.3) is 0 Å². The quantitative estimate of drug-likeness (QED) is 0.455. The Bertz CT molecular complexity index is 690. The summed E-state index contributed by atoms with van der Waals surface area (Å²) in [6, 6.07) is 8.93. The number of nitro groups is 1. The first-order valence-corrected chi connectivity index (χ1v) is 6.55. The van der Waals surface area contributed by atoms with Crippen molar-refractivity contribution in [1.82, 2.24) is 0 Å². The van der Waals surface area contributed by atoms with Crippen LogP contribution >= 0.6 is 27.5 Å². The number of halogens is 2. The number of benzene rings is 2. The van der Waals surface area contributed by atoms with Crippen molar-refractivity contribution in [3.05, 3.63) is 61.6 Å². The van der Waals surface area contributed by atoms with E-state index >= 15 is 0 Å². The minimum atomic E-state index is -0.581. The van der Waals surface area contributed by atoms with Crippen LogP contribution in [0.1, 0.15) is 10.4 Å². The summed E-state index contributed by atoms with van der Waals surface area (Å²) in [4.78, 5) is 21.0. The third-order valence-electron chi connectivity index (χ3n) is 2.44. The van der Waals surface area contributed by atoms with Gasteiger partial charge >= 0.3 is 0 Å². The number of ether oxygens (including phenoxy) is 1. The fourth-order valence-electron chi connectivity index (χ4n) is 1.53. The molecule has 2 rings (SSSR count). The van der Waals surface area contributed by atoms with E-state index in [0.717, 1.165) is 4.47 Å². The van der Waals surface area contributed by atoms with Crippen LogP contribution in [0.4, 0.5) is 5.69 Å². The maximum Gasteiger partial charge on any atom is 0.288 e. The zero-order valence-corrected chi connectivity index (χ0v) is 12.2. The molecule has 0 fully saturated rings. The molecular weight excluding hydrogens is 350 g/mol. The van der Waals surface area contributed by atoms with Crippen molar-refractivity contribution < 1.29 is 14.5 Å². The van der Waals surface area contributed by atoms with Crippen molar-refractivity contribution in [2.24, 2.45) is 0 Å². The van der Waals surface area contributed by atoms with Crippen LogP contribution in [0.5, 0.6) is 11.5 Å². The van der Waals surface area contributed by atoms with Gasteiger partial charge in [-0.15, -0.1) is 0 Å². The van der Waals surface area contributed by atoms with Gasteiger partial charge in [0.1, 0.15) is 16.5 Å². The van der Waals surface area contributed by atoms with Gasteiger partial charge < -0.3 is 4.74 Å². The lowest BCUT2D eigenvalue weighted by Gasteiger charge is -2.08. The molecule has 0 amide bonds. The van der Waals surface area contributed by atoms with Gasteiger partial charge in [0.2, 0.25) is 0 Å². The van der Waals surface area contributed by atoms with E-state index in [-0.39, 0.29) is 10.7 Å². The van der Waals surface area contributed by atoms with E-state index in [1.807, 2.05) is 0 Å². The van der Waals surface area contributed by atoms with Gasteiger partial charge in [0.05, 0.1) is 10.5 Å². The zero-order valence-electron chi connectivity index (χ0n) is 9.88. The third-order valence-corrected chi connectivity index (χ3v) is 3.24. The Balaban J connectivity index is 2.33. The summed E-state index contributed by atoms with van der Waals surface area (Å²) in [5.74, 6) is 0.652. The number of hydrogen-bond acceptors (Lipinski definition) is 4. The highest BCUT2D eigenvalue weighted by atomic mass is 79.9. The Kier molecular flexibility index (Phi) is 4.36. The molecule has 0 aliphatic rings. The highest BCUT2D eigenvalue weighted by Gasteiger charge is 2.13. The Hall–Kier alpha value is -1.92.